The van der Waals surface area contributed by atoms with Gasteiger partial charge in [0, 0.05) is 50.2 Å². The number of ether oxygens (including phenoxy) is 2. The van der Waals surface area contributed by atoms with Crippen LogP contribution < -0.4 is 20.1 Å². The van der Waals surface area contributed by atoms with E-state index in [1.807, 2.05) is 0 Å². The molecule has 2 aromatic heterocycles. The third-order valence-corrected chi connectivity index (χ3v) is 3.60. The zero-order chi connectivity index (χ0) is 18.0. The molecule has 0 atom stereocenters. The Morgan fingerprint density at radius 1 is 1.00 bits per heavy atom. The Morgan fingerprint density at radius 3 is 2.32 bits per heavy atom. The number of fused-ring (bicyclic) bond motifs is 1. The summed E-state index contributed by atoms with van der Waals surface area (Å²) >= 11 is 0. The van der Waals surface area contributed by atoms with Gasteiger partial charge in [0.25, 0.3) is 0 Å². The van der Waals surface area contributed by atoms with Crippen molar-refractivity contribution in [2.75, 3.05) is 31.8 Å². The lowest BCUT2D eigenvalue weighted by molar-refractivity contribution is 0.409. The van der Waals surface area contributed by atoms with Gasteiger partial charge in [-0.05, 0) is 0 Å². The molecular formula is C17H16F2N4O2. The molecule has 1 aromatic carbocycles. The number of pyridine rings is 2. The Morgan fingerprint density at radius 2 is 1.72 bits per heavy atom. The van der Waals surface area contributed by atoms with Gasteiger partial charge in [0.2, 0.25) is 0 Å². The van der Waals surface area contributed by atoms with Gasteiger partial charge in [-0.3, -0.25) is 4.98 Å². The number of nitrogens with zero attached hydrogens (tertiary/aromatic N) is 2. The van der Waals surface area contributed by atoms with Crippen LogP contribution in [0, 0.1) is 11.6 Å². The van der Waals surface area contributed by atoms with E-state index in [-0.39, 0.29) is 5.75 Å². The van der Waals surface area contributed by atoms with E-state index in [4.69, 9.17) is 9.47 Å². The van der Waals surface area contributed by atoms with E-state index < -0.39 is 17.4 Å². The van der Waals surface area contributed by atoms with Gasteiger partial charge in [-0.25, -0.2) is 13.8 Å². The second kappa shape index (κ2) is 6.76. The summed E-state index contributed by atoms with van der Waals surface area (Å²) in [6, 6.07) is 5.46. The van der Waals surface area contributed by atoms with Crippen LogP contribution in [0.5, 0.6) is 17.2 Å². The highest BCUT2D eigenvalue weighted by molar-refractivity contribution is 5.84. The fraction of sp³-hybridized carbons (Fsp3) is 0.176. The van der Waals surface area contributed by atoms with Gasteiger partial charge in [0.05, 0.1) is 12.6 Å². The van der Waals surface area contributed by atoms with Crippen LogP contribution in [0.3, 0.4) is 0 Å². The molecule has 0 saturated carbocycles. The van der Waals surface area contributed by atoms with Gasteiger partial charge in [-0.2, -0.15) is 0 Å². The second-order valence-corrected chi connectivity index (χ2v) is 5.09. The topological polar surface area (TPSA) is 68.3 Å². The summed E-state index contributed by atoms with van der Waals surface area (Å²) in [7, 11) is 4.77. The summed E-state index contributed by atoms with van der Waals surface area (Å²) in [5.41, 5.74) is 1.13. The van der Waals surface area contributed by atoms with Crippen molar-refractivity contribution in [1.82, 2.24) is 9.97 Å². The van der Waals surface area contributed by atoms with Crippen LogP contribution in [-0.4, -0.2) is 31.2 Å². The molecule has 0 radical (unpaired) electrons. The fourth-order valence-corrected chi connectivity index (χ4v) is 2.36. The minimum absolute atomic E-state index is 0.180. The van der Waals surface area contributed by atoms with Gasteiger partial charge in [-0.1, -0.05) is 0 Å². The Kier molecular flexibility index (Phi) is 4.51. The van der Waals surface area contributed by atoms with Gasteiger partial charge in [-0.15, -0.1) is 0 Å². The predicted octanol–water partition coefficient (Wildman–Crippen LogP) is 3.79. The van der Waals surface area contributed by atoms with Crippen LogP contribution in [0.2, 0.25) is 0 Å². The van der Waals surface area contributed by atoms with Crippen molar-refractivity contribution < 1.29 is 18.3 Å². The number of hydrogen-bond donors (Lipinski definition) is 2. The molecule has 2 heterocycles. The van der Waals surface area contributed by atoms with Crippen LogP contribution in [-0.2, 0) is 0 Å². The summed E-state index contributed by atoms with van der Waals surface area (Å²) < 4.78 is 39.1. The SMILES string of the molecule is CNc1cc(F)c(Oc2ccnc3cc(OC)c(NC)nc23)c(F)c1. The van der Waals surface area contributed by atoms with Crippen LogP contribution >= 0.6 is 0 Å². The maximum Gasteiger partial charge on any atom is 0.198 e. The van der Waals surface area contributed by atoms with Crippen LogP contribution in [0.1, 0.15) is 0 Å². The number of hydrogen-bond acceptors (Lipinski definition) is 6. The molecule has 0 unspecified atom stereocenters. The van der Waals surface area contributed by atoms with E-state index >= 15 is 0 Å². The highest BCUT2D eigenvalue weighted by atomic mass is 19.1. The molecule has 0 fully saturated rings. The highest BCUT2D eigenvalue weighted by Gasteiger charge is 2.17. The molecular weight excluding hydrogens is 330 g/mol. The van der Waals surface area contributed by atoms with Gasteiger partial charge >= 0.3 is 0 Å². The van der Waals surface area contributed by atoms with Crippen molar-refractivity contribution in [2.45, 2.75) is 0 Å². The molecule has 0 bridgehead atoms. The average Bonchev–Trinajstić information content (AvgIpc) is 2.63. The normalized spacial score (nSPS) is 10.6. The average molecular weight is 346 g/mol. The first kappa shape index (κ1) is 16.7. The van der Waals surface area contributed by atoms with Crippen molar-refractivity contribution in [1.29, 1.82) is 0 Å². The maximum absolute atomic E-state index is 14.2. The summed E-state index contributed by atoms with van der Waals surface area (Å²) in [6.07, 6.45) is 1.47. The molecule has 0 aliphatic rings. The van der Waals surface area contributed by atoms with Crippen molar-refractivity contribution in [3.63, 3.8) is 0 Å². The zero-order valence-electron chi connectivity index (χ0n) is 13.9. The van der Waals surface area contributed by atoms with Gasteiger partial charge in [0.15, 0.2) is 34.7 Å². The molecule has 0 aliphatic carbocycles. The third kappa shape index (κ3) is 3.10. The Labute approximate surface area is 142 Å². The summed E-state index contributed by atoms with van der Waals surface area (Å²) in [6.45, 7) is 0. The third-order valence-electron chi connectivity index (χ3n) is 3.60. The Hall–Kier alpha value is -3.16. The van der Waals surface area contributed by atoms with E-state index in [1.165, 1.54) is 19.4 Å². The molecule has 6 nitrogen and oxygen atoms in total. The lowest BCUT2D eigenvalue weighted by atomic mass is 10.2. The van der Waals surface area contributed by atoms with E-state index in [0.29, 0.717) is 28.3 Å². The first-order valence-corrected chi connectivity index (χ1v) is 7.43. The molecule has 0 amide bonds. The molecule has 130 valence electrons. The second-order valence-electron chi connectivity index (χ2n) is 5.09. The molecule has 3 aromatic rings. The molecule has 0 aliphatic heterocycles. The molecule has 25 heavy (non-hydrogen) atoms. The minimum atomic E-state index is -0.823. The first-order valence-electron chi connectivity index (χ1n) is 7.43. The quantitative estimate of drug-likeness (QED) is 0.733. The standard InChI is InChI=1S/C17H16F2N4O2/c1-20-9-6-10(18)16(11(19)7-9)25-13-4-5-22-12-8-14(24-3)17(21-2)23-15(12)13/h4-8,20H,1-3H3,(H,21,23). The Balaban J connectivity index is 2.11. The summed E-state index contributed by atoms with van der Waals surface area (Å²) in [5.74, 6) is -1.02. The lowest BCUT2D eigenvalue weighted by Crippen LogP contribution is -2.00. The van der Waals surface area contributed by atoms with Crippen molar-refractivity contribution in [3.05, 3.63) is 42.1 Å². The number of nitrogens with one attached hydrogen (secondary N) is 2. The van der Waals surface area contributed by atoms with Crippen LogP contribution in [0.25, 0.3) is 11.0 Å². The van der Waals surface area contributed by atoms with Gasteiger partial charge < -0.3 is 20.1 Å². The monoisotopic (exact) mass is 346 g/mol. The van der Waals surface area contributed by atoms with E-state index in [9.17, 15) is 8.78 Å². The van der Waals surface area contributed by atoms with Crippen LogP contribution in [0.4, 0.5) is 20.3 Å². The number of benzene rings is 1. The Bertz CT molecular complexity index is 911. The van der Waals surface area contributed by atoms with E-state index in [1.54, 1.807) is 20.2 Å². The molecule has 8 heteroatoms. The van der Waals surface area contributed by atoms with Gasteiger partial charge in [0.1, 0.15) is 5.52 Å². The molecule has 2 N–H and O–H groups in total. The number of aromatic nitrogens is 2. The number of halogens is 2. The van der Waals surface area contributed by atoms with Crippen molar-refractivity contribution in [2.24, 2.45) is 0 Å². The van der Waals surface area contributed by atoms with E-state index in [0.717, 1.165) is 12.1 Å². The molecule has 0 saturated heterocycles. The predicted molar refractivity (Wildman–Crippen MR) is 91.6 cm³/mol. The highest BCUT2D eigenvalue weighted by Crippen LogP contribution is 2.35. The number of anilines is 2. The number of methoxy groups -OCH3 is 1. The van der Waals surface area contributed by atoms with Crippen molar-refractivity contribution >= 4 is 22.5 Å². The summed E-state index contributed by atoms with van der Waals surface area (Å²) in [5, 5.41) is 5.57. The zero-order valence-corrected chi connectivity index (χ0v) is 13.9. The van der Waals surface area contributed by atoms with Crippen LogP contribution in [0.15, 0.2) is 30.5 Å². The van der Waals surface area contributed by atoms with Crippen molar-refractivity contribution in [3.8, 4) is 17.2 Å². The largest absolute Gasteiger partial charge is 0.493 e. The maximum atomic E-state index is 14.2. The molecule has 3 rings (SSSR count). The van der Waals surface area contributed by atoms with E-state index in [2.05, 4.69) is 20.6 Å². The summed E-state index contributed by atoms with van der Waals surface area (Å²) in [4.78, 5) is 8.56. The minimum Gasteiger partial charge on any atom is -0.493 e. The number of rotatable bonds is 5. The lowest BCUT2D eigenvalue weighted by Gasteiger charge is -2.13. The molecule has 0 spiro atoms. The first-order chi connectivity index (χ1) is 12.1. The smallest absolute Gasteiger partial charge is 0.198 e. The fourth-order valence-electron chi connectivity index (χ4n) is 2.36.